The summed E-state index contributed by atoms with van der Waals surface area (Å²) in [5.41, 5.74) is 7.22. The number of likely N-dealkylation sites (N-methyl/N-ethyl adjacent to an activating group) is 1. The van der Waals surface area contributed by atoms with Crippen molar-refractivity contribution in [2.24, 2.45) is 5.73 Å². The molecule has 0 spiro atoms. The second-order valence-corrected chi connectivity index (χ2v) is 5.51. The van der Waals surface area contributed by atoms with E-state index in [4.69, 9.17) is 5.73 Å². The van der Waals surface area contributed by atoms with Gasteiger partial charge in [0.2, 0.25) is 0 Å². The highest BCUT2D eigenvalue weighted by atomic mass is 15.2. The molecular weight excluding hydrogens is 220 g/mol. The highest BCUT2D eigenvalue weighted by Crippen LogP contribution is 2.22. The van der Waals surface area contributed by atoms with Crippen LogP contribution in [0.5, 0.6) is 0 Å². The van der Waals surface area contributed by atoms with Gasteiger partial charge in [-0.3, -0.25) is 4.90 Å². The minimum atomic E-state index is 0.0247. The smallest absolute Gasteiger partial charge is 0.0275 e. The highest BCUT2D eigenvalue weighted by Gasteiger charge is 2.21. The Balaban J connectivity index is 2.32. The lowest BCUT2D eigenvalue weighted by atomic mass is 10.0. The van der Waals surface area contributed by atoms with Crippen molar-refractivity contribution >= 4 is 10.8 Å². The largest absolute Gasteiger partial charge is 0.329 e. The van der Waals surface area contributed by atoms with E-state index in [0.717, 1.165) is 6.54 Å². The van der Waals surface area contributed by atoms with Crippen molar-refractivity contribution < 1.29 is 0 Å². The average molecular weight is 242 g/mol. The van der Waals surface area contributed by atoms with E-state index in [9.17, 15) is 0 Å². The Morgan fingerprint density at radius 3 is 2.44 bits per heavy atom. The lowest BCUT2D eigenvalue weighted by molar-refractivity contribution is 0.156. The molecule has 2 N–H and O–H groups in total. The van der Waals surface area contributed by atoms with Crippen molar-refractivity contribution in [3.8, 4) is 0 Å². The molecule has 0 saturated carbocycles. The second kappa shape index (κ2) is 5.09. The predicted molar refractivity (Wildman–Crippen MR) is 78.5 cm³/mol. The maximum absolute atomic E-state index is 5.83. The molecule has 0 aliphatic carbocycles. The van der Waals surface area contributed by atoms with Crippen LogP contribution in [0.25, 0.3) is 10.8 Å². The molecule has 18 heavy (non-hydrogen) atoms. The van der Waals surface area contributed by atoms with E-state index >= 15 is 0 Å². The summed E-state index contributed by atoms with van der Waals surface area (Å²) in [5, 5.41) is 2.63. The summed E-state index contributed by atoms with van der Waals surface area (Å²) in [7, 11) is 2.13. The summed E-state index contributed by atoms with van der Waals surface area (Å²) in [6.07, 6.45) is 0. The molecular formula is C16H22N2. The molecule has 0 fully saturated rings. The molecule has 0 radical (unpaired) electrons. The van der Waals surface area contributed by atoms with Gasteiger partial charge in [0, 0.05) is 18.6 Å². The van der Waals surface area contributed by atoms with Crippen LogP contribution in [0.3, 0.4) is 0 Å². The molecule has 0 amide bonds. The second-order valence-electron chi connectivity index (χ2n) is 5.51. The van der Waals surface area contributed by atoms with Crippen LogP contribution in [0.1, 0.15) is 19.4 Å². The van der Waals surface area contributed by atoms with E-state index in [1.54, 1.807) is 0 Å². The van der Waals surface area contributed by atoms with Crippen molar-refractivity contribution in [1.82, 2.24) is 4.90 Å². The van der Waals surface area contributed by atoms with Crippen LogP contribution in [-0.4, -0.2) is 24.0 Å². The molecule has 2 rings (SSSR count). The SMILES string of the molecule is CN(Cc1cccc2ccccc12)C(C)(C)CN. The van der Waals surface area contributed by atoms with Gasteiger partial charge in [0.25, 0.3) is 0 Å². The monoisotopic (exact) mass is 242 g/mol. The molecule has 0 aromatic heterocycles. The third-order valence-electron chi connectivity index (χ3n) is 3.82. The van der Waals surface area contributed by atoms with Crippen molar-refractivity contribution in [1.29, 1.82) is 0 Å². The Labute approximate surface area is 109 Å². The number of rotatable bonds is 4. The van der Waals surface area contributed by atoms with Crippen molar-refractivity contribution in [2.75, 3.05) is 13.6 Å². The molecule has 0 atom stereocenters. The van der Waals surface area contributed by atoms with Crippen molar-refractivity contribution in [3.63, 3.8) is 0 Å². The van der Waals surface area contributed by atoms with Gasteiger partial charge in [0.15, 0.2) is 0 Å². The van der Waals surface area contributed by atoms with E-state index < -0.39 is 0 Å². The highest BCUT2D eigenvalue weighted by molar-refractivity contribution is 5.85. The number of nitrogens with two attached hydrogens (primary N) is 1. The first-order chi connectivity index (χ1) is 8.54. The molecule has 2 aromatic carbocycles. The fourth-order valence-corrected chi connectivity index (χ4v) is 2.06. The van der Waals surface area contributed by atoms with E-state index in [-0.39, 0.29) is 5.54 Å². The average Bonchev–Trinajstić information content (AvgIpc) is 2.39. The summed E-state index contributed by atoms with van der Waals surface area (Å²) in [5.74, 6) is 0. The summed E-state index contributed by atoms with van der Waals surface area (Å²) in [6, 6.07) is 15.0. The summed E-state index contributed by atoms with van der Waals surface area (Å²) >= 11 is 0. The zero-order valence-electron chi connectivity index (χ0n) is 11.5. The van der Waals surface area contributed by atoms with Crippen LogP contribution in [0.15, 0.2) is 42.5 Å². The summed E-state index contributed by atoms with van der Waals surface area (Å²) < 4.78 is 0. The van der Waals surface area contributed by atoms with Gasteiger partial charge in [-0.05, 0) is 37.2 Å². The van der Waals surface area contributed by atoms with Gasteiger partial charge in [-0.2, -0.15) is 0 Å². The molecule has 0 aliphatic heterocycles. The Morgan fingerprint density at radius 2 is 1.72 bits per heavy atom. The van der Waals surface area contributed by atoms with Gasteiger partial charge in [0.05, 0.1) is 0 Å². The fourth-order valence-electron chi connectivity index (χ4n) is 2.06. The maximum Gasteiger partial charge on any atom is 0.0275 e. The quantitative estimate of drug-likeness (QED) is 0.893. The van der Waals surface area contributed by atoms with E-state index in [1.807, 2.05) is 0 Å². The van der Waals surface area contributed by atoms with Gasteiger partial charge in [-0.25, -0.2) is 0 Å². The molecule has 2 aromatic rings. The first kappa shape index (κ1) is 13.1. The number of benzene rings is 2. The topological polar surface area (TPSA) is 29.3 Å². The lowest BCUT2D eigenvalue weighted by Gasteiger charge is -2.34. The molecule has 0 aliphatic rings. The standard InChI is InChI=1S/C16H22N2/c1-16(2,12-17)18(3)11-14-9-6-8-13-7-4-5-10-15(13)14/h4-10H,11-12,17H2,1-3H3. The van der Waals surface area contributed by atoms with Gasteiger partial charge in [-0.15, -0.1) is 0 Å². The molecule has 2 heteroatoms. The minimum Gasteiger partial charge on any atom is -0.329 e. The lowest BCUT2D eigenvalue weighted by Crippen LogP contribution is -2.46. The van der Waals surface area contributed by atoms with Crippen LogP contribution in [0, 0.1) is 0 Å². The first-order valence-electron chi connectivity index (χ1n) is 6.42. The van der Waals surface area contributed by atoms with Gasteiger partial charge in [0.1, 0.15) is 0 Å². The zero-order chi connectivity index (χ0) is 13.2. The fraction of sp³-hybridized carbons (Fsp3) is 0.375. The normalized spacial score (nSPS) is 12.3. The predicted octanol–water partition coefficient (Wildman–Crippen LogP) is 3.01. The third-order valence-corrected chi connectivity index (χ3v) is 3.82. The van der Waals surface area contributed by atoms with Gasteiger partial charge < -0.3 is 5.73 Å². The summed E-state index contributed by atoms with van der Waals surface area (Å²) in [6.45, 7) is 5.94. The Bertz CT molecular complexity index is 526. The maximum atomic E-state index is 5.83. The number of hydrogen-bond acceptors (Lipinski definition) is 2. The number of hydrogen-bond donors (Lipinski definition) is 1. The van der Waals surface area contributed by atoms with Gasteiger partial charge in [-0.1, -0.05) is 42.5 Å². The first-order valence-corrected chi connectivity index (χ1v) is 6.42. The molecule has 96 valence electrons. The molecule has 2 nitrogen and oxygen atoms in total. The zero-order valence-corrected chi connectivity index (χ0v) is 11.5. The van der Waals surface area contributed by atoms with E-state index in [0.29, 0.717) is 6.54 Å². The Hall–Kier alpha value is -1.38. The van der Waals surface area contributed by atoms with E-state index in [1.165, 1.54) is 16.3 Å². The molecule has 0 heterocycles. The Morgan fingerprint density at radius 1 is 1.06 bits per heavy atom. The van der Waals surface area contributed by atoms with Gasteiger partial charge >= 0.3 is 0 Å². The number of fused-ring (bicyclic) bond motifs is 1. The van der Waals surface area contributed by atoms with E-state index in [2.05, 4.69) is 68.3 Å². The van der Waals surface area contributed by atoms with Crippen LogP contribution in [0.2, 0.25) is 0 Å². The molecule has 0 bridgehead atoms. The Kier molecular flexibility index (Phi) is 3.69. The van der Waals surface area contributed by atoms with Crippen LogP contribution >= 0.6 is 0 Å². The summed E-state index contributed by atoms with van der Waals surface area (Å²) in [4.78, 5) is 2.31. The molecule has 0 unspecified atom stereocenters. The van der Waals surface area contributed by atoms with Crippen LogP contribution < -0.4 is 5.73 Å². The minimum absolute atomic E-state index is 0.0247. The van der Waals surface area contributed by atoms with Crippen LogP contribution in [-0.2, 0) is 6.54 Å². The van der Waals surface area contributed by atoms with Crippen molar-refractivity contribution in [2.45, 2.75) is 25.9 Å². The van der Waals surface area contributed by atoms with Crippen LogP contribution in [0.4, 0.5) is 0 Å². The van der Waals surface area contributed by atoms with Crippen molar-refractivity contribution in [3.05, 3.63) is 48.0 Å². The third kappa shape index (κ3) is 2.55. The number of nitrogens with zero attached hydrogens (tertiary/aromatic N) is 1. The molecule has 0 saturated heterocycles.